The van der Waals surface area contributed by atoms with Crippen molar-refractivity contribution in [3.63, 3.8) is 0 Å². The van der Waals surface area contributed by atoms with E-state index in [1.54, 1.807) is 18.2 Å². The molecule has 42 heavy (non-hydrogen) atoms. The molecule has 0 atom stereocenters. The van der Waals surface area contributed by atoms with Crippen LogP contribution in [0.25, 0.3) is 6.08 Å². The van der Waals surface area contributed by atoms with Crippen LogP contribution in [0, 0.1) is 27.2 Å². The van der Waals surface area contributed by atoms with Crippen molar-refractivity contribution in [2.45, 2.75) is 26.7 Å². The van der Waals surface area contributed by atoms with Gasteiger partial charge in [-0.25, -0.2) is 0 Å². The predicted octanol–water partition coefficient (Wildman–Crippen LogP) is 6.85. The molecule has 218 valence electrons. The van der Waals surface area contributed by atoms with E-state index in [9.17, 15) is 29.8 Å². The quantitative estimate of drug-likeness (QED) is 0.131. The van der Waals surface area contributed by atoms with Gasteiger partial charge >= 0.3 is 5.69 Å². The standard InChI is InChI=1S/C29H27N3O9S/c1-17(2)21-10-8-18(3)14-25(21)40-13-12-30-28(33)26(42-29(30)34)15-19-6-5-7-24(39-4)27(19)41-23-11-9-20(31(35)36)16-22(23)32(37)38/h5-11,14-17H,12-13H2,1-4H3/b26-15-. The fourth-order valence-electron chi connectivity index (χ4n) is 4.20. The summed E-state index contributed by atoms with van der Waals surface area (Å²) in [6, 6.07) is 13.6. The van der Waals surface area contributed by atoms with Crippen molar-refractivity contribution in [1.29, 1.82) is 0 Å². The zero-order valence-electron chi connectivity index (χ0n) is 23.2. The Morgan fingerprint density at radius 2 is 1.74 bits per heavy atom. The number of ether oxygens (including phenoxy) is 3. The SMILES string of the molecule is COc1cccc(/C=C2\SC(=O)N(CCOc3cc(C)ccc3C(C)C)C2=O)c1Oc1ccc([N+](=O)[O-])cc1[N+](=O)[O-]. The number of nitro benzene ring substituents is 2. The van der Waals surface area contributed by atoms with Gasteiger partial charge in [-0.1, -0.05) is 38.1 Å². The van der Waals surface area contributed by atoms with Crippen molar-refractivity contribution in [3.05, 3.63) is 96.4 Å². The minimum absolute atomic E-state index is 0.0211. The van der Waals surface area contributed by atoms with Crippen molar-refractivity contribution < 1.29 is 33.6 Å². The van der Waals surface area contributed by atoms with E-state index in [2.05, 4.69) is 13.8 Å². The smallest absolute Gasteiger partial charge is 0.318 e. The van der Waals surface area contributed by atoms with Gasteiger partial charge in [-0.3, -0.25) is 34.7 Å². The van der Waals surface area contributed by atoms with Crippen LogP contribution in [0.1, 0.15) is 36.5 Å². The van der Waals surface area contributed by atoms with E-state index in [1.807, 2.05) is 25.1 Å². The number of nitrogens with zero attached hydrogens (tertiary/aromatic N) is 3. The lowest BCUT2D eigenvalue weighted by molar-refractivity contribution is -0.394. The molecule has 0 saturated carbocycles. The zero-order valence-corrected chi connectivity index (χ0v) is 24.0. The molecule has 4 rings (SSSR count). The number of rotatable bonds is 11. The van der Waals surface area contributed by atoms with Crippen molar-refractivity contribution in [2.75, 3.05) is 20.3 Å². The molecular weight excluding hydrogens is 566 g/mol. The van der Waals surface area contributed by atoms with Gasteiger partial charge in [-0.2, -0.15) is 0 Å². The molecule has 3 aromatic carbocycles. The van der Waals surface area contributed by atoms with Crippen LogP contribution in [-0.4, -0.2) is 46.2 Å². The van der Waals surface area contributed by atoms with Crippen LogP contribution in [-0.2, 0) is 4.79 Å². The van der Waals surface area contributed by atoms with Crippen LogP contribution < -0.4 is 14.2 Å². The van der Waals surface area contributed by atoms with Crippen molar-refractivity contribution in [1.82, 2.24) is 4.90 Å². The number of aryl methyl sites for hydroxylation is 1. The van der Waals surface area contributed by atoms with Crippen molar-refractivity contribution >= 4 is 40.4 Å². The number of imide groups is 1. The first kappa shape index (κ1) is 30.1. The van der Waals surface area contributed by atoms with E-state index < -0.39 is 32.4 Å². The Balaban J connectivity index is 1.58. The number of hydrogen-bond donors (Lipinski definition) is 0. The van der Waals surface area contributed by atoms with Gasteiger partial charge in [0.05, 0.1) is 34.5 Å². The van der Waals surface area contributed by atoms with Gasteiger partial charge in [-0.05, 0) is 60.0 Å². The molecule has 1 aliphatic rings. The minimum atomic E-state index is -0.800. The number of nitro groups is 2. The highest BCUT2D eigenvalue weighted by Crippen LogP contribution is 2.42. The third kappa shape index (κ3) is 6.52. The minimum Gasteiger partial charge on any atom is -0.493 e. The van der Waals surface area contributed by atoms with E-state index in [-0.39, 0.29) is 41.2 Å². The molecule has 0 aliphatic carbocycles. The molecule has 1 heterocycles. The summed E-state index contributed by atoms with van der Waals surface area (Å²) in [5.74, 6) is 0.332. The predicted molar refractivity (Wildman–Crippen MR) is 156 cm³/mol. The summed E-state index contributed by atoms with van der Waals surface area (Å²) in [5, 5.41) is 22.3. The van der Waals surface area contributed by atoms with Gasteiger partial charge in [0.25, 0.3) is 16.8 Å². The molecule has 2 amide bonds. The number of thioether (sulfide) groups is 1. The highest BCUT2D eigenvalue weighted by atomic mass is 32.2. The number of benzene rings is 3. The number of amides is 2. The molecule has 13 heteroatoms. The highest BCUT2D eigenvalue weighted by Gasteiger charge is 2.35. The number of para-hydroxylation sites is 1. The van der Waals surface area contributed by atoms with Crippen LogP contribution in [0.15, 0.2) is 59.5 Å². The van der Waals surface area contributed by atoms with E-state index in [1.165, 1.54) is 13.2 Å². The van der Waals surface area contributed by atoms with Crippen molar-refractivity contribution in [3.8, 4) is 23.0 Å². The molecule has 0 bridgehead atoms. The van der Waals surface area contributed by atoms with Gasteiger partial charge in [0, 0.05) is 11.6 Å². The van der Waals surface area contributed by atoms with E-state index in [4.69, 9.17) is 14.2 Å². The van der Waals surface area contributed by atoms with E-state index >= 15 is 0 Å². The summed E-state index contributed by atoms with van der Waals surface area (Å²) < 4.78 is 17.2. The number of non-ortho nitro benzene ring substituents is 1. The molecule has 0 N–H and O–H groups in total. The second-order valence-electron chi connectivity index (χ2n) is 9.52. The van der Waals surface area contributed by atoms with Gasteiger partial charge in [0.1, 0.15) is 12.4 Å². The number of hydrogen-bond acceptors (Lipinski definition) is 10. The molecule has 0 aromatic heterocycles. The lowest BCUT2D eigenvalue weighted by Gasteiger charge is -2.17. The molecule has 3 aromatic rings. The Kier molecular flexibility index (Phi) is 9.11. The van der Waals surface area contributed by atoms with Crippen LogP contribution in [0.5, 0.6) is 23.0 Å². The first-order valence-electron chi connectivity index (χ1n) is 12.8. The molecule has 0 unspecified atom stereocenters. The maximum atomic E-state index is 13.2. The van der Waals surface area contributed by atoms with Crippen LogP contribution in [0.2, 0.25) is 0 Å². The van der Waals surface area contributed by atoms with E-state index in [0.29, 0.717) is 11.3 Å². The number of carbonyl (C=O) groups excluding carboxylic acids is 2. The molecule has 0 radical (unpaired) electrons. The second kappa shape index (κ2) is 12.7. The first-order chi connectivity index (χ1) is 20.0. The van der Waals surface area contributed by atoms with Crippen LogP contribution in [0.4, 0.5) is 16.2 Å². The fraction of sp³-hybridized carbons (Fsp3) is 0.241. The molecular formula is C29H27N3O9S. The lowest BCUT2D eigenvalue weighted by atomic mass is 10.0. The van der Waals surface area contributed by atoms with Gasteiger partial charge in [0.2, 0.25) is 5.75 Å². The lowest BCUT2D eigenvalue weighted by Crippen LogP contribution is -2.32. The second-order valence-corrected chi connectivity index (χ2v) is 10.5. The topological polar surface area (TPSA) is 151 Å². The number of methoxy groups -OCH3 is 1. The summed E-state index contributed by atoms with van der Waals surface area (Å²) >= 11 is 0.738. The van der Waals surface area contributed by atoms with Gasteiger partial charge in [0.15, 0.2) is 11.5 Å². The monoisotopic (exact) mass is 593 g/mol. The Morgan fingerprint density at radius 1 is 0.976 bits per heavy atom. The van der Waals surface area contributed by atoms with Gasteiger partial charge in [-0.15, -0.1) is 0 Å². The highest BCUT2D eigenvalue weighted by molar-refractivity contribution is 8.18. The Morgan fingerprint density at radius 3 is 2.40 bits per heavy atom. The normalized spacial score (nSPS) is 14.0. The largest absolute Gasteiger partial charge is 0.493 e. The average molecular weight is 594 g/mol. The maximum absolute atomic E-state index is 13.2. The summed E-state index contributed by atoms with van der Waals surface area (Å²) in [4.78, 5) is 48.3. The average Bonchev–Trinajstić information content (AvgIpc) is 3.21. The summed E-state index contributed by atoms with van der Waals surface area (Å²) in [5.41, 5.74) is 1.24. The third-order valence-electron chi connectivity index (χ3n) is 6.32. The summed E-state index contributed by atoms with van der Waals surface area (Å²) in [6.45, 7) is 6.19. The van der Waals surface area contributed by atoms with Gasteiger partial charge < -0.3 is 14.2 Å². The maximum Gasteiger partial charge on any atom is 0.318 e. The fourth-order valence-corrected chi connectivity index (χ4v) is 5.06. The molecule has 1 aliphatic heterocycles. The summed E-state index contributed by atoms with van der Waals surface area (Å²) in [7, 11) is 1.36. The van der Waals surface area contributed by atoms with E-state index in [0.717, 1.165) is 46.0 Å². The number of carbonyl (C=O) groups is 2. The Labute approximate surface area is 245 Å². The molecule has 0 spiro atoms. The van der Waals surface area contributed by atoms with Crippen LogP contribution >= 0.6 is 11.8 Å². The molecule has 12 nitrogen and oxygen atoms in total. The third-order valence-corrected chi connectivity index (χ3v) is 7.22. The summed E-state index contributed by atoms with van der Waals surface area (Å²) in [6.07, 6.45) is 1.43. The van der Waals surface area contributed by atoms with Crippen LogP contribution in [0.3, 0.4) is 0 Å². The van der Waals surface area contributed by atoms with Crippen molar-refractivity contribution in [2.24, 2.45) is 0 Å². The first-order valence-corrected chi connectivity index (χ1v) is 13.6. The Bertz CT molecular complexity index is 1600. The zero-order chi connectivity index (χ0) is 30.6. The molecule has 1 saturated heterocycles. The Hall–Kier alpha value is -4.91. The molecule has 1 fully saturated rings.